The number of primary amides is 1. The minimum absolute atomic E-state index is 0.299. The second-order valence-corrected chi connectivity index (χ2v) is 8.90. The van der Waals surface area contributed by atoms with Gasteiger partial charge in [-0.15, -0.1) is 0 Å². The Balaban J connectivity index is 1.48. The van der Waals surface area contributed by atoms with E-state index in [1.54, 1.807) is 12.1 Å². The standard InChI is InChI=1S/C20H26FN3O3S/c1-2-12(19(22)25)7-16-9-23(20(26)27-16)13-5-6-18(17(21)8-13)24-14-3-4-15(24)11-28-10-14/h5-6,8,12,14-16H,2-4,7,9-11H2,1H3,(H2,22,25)/t12?,14?,15?,16-/m0/s1. The SMILES string of the molecule is CCC(C[C@H]1CN(c2ccc(N3C4CCC3CSC4)c(F)c2)C(=O)O1)C(N)=O. The Labute approximate surface area is 168 Å². The van der Waals surface area contributed by atoms with Crippen LogP contribution in [0.15, 0.2) is 18.2 Å². The second kappa shape index (κ2) is 7.81. The van der Waals surface area contributed by atoms with Crippen LogP contribution < -0.4 is 15.5 Å². The number of nitrogens with zero attached hydrogens (tertiary/aromatic N) is 2. The Bertz CT molecular complexity index is 761. The molecule has 3 saturated heterocycles. The van der Waals surface area contributed by atoms with Crippen LogP contribution in [-0.2, 0) is 9.53 Å². The highest BCUT2D eigenvalue weighted by atomic mass is 32.2. The molecule has 4 atom stereocenters. The van der Waals surface area contributed by atoms with E-state index >= 15 is 0 Å². The third-order valence-electron chi connectivity index (χ3n) is 6.08. The topological polar surface area (TPSA) is 75.9 Å². The summed E-state index contributed by atoms with van der Waals surface area (Å²) < 4.78 is 20.4. The predicted molar refractivity (Wildman–Crippen MR) is 108 cm³/mol. The molecule has 3 aliphatic heterocycles. The van der Waals surface area contributed by atoms with E-state index < -0.39 is 12.2 Å². The lowest BCUT2D eigenvalue weighted by atomic mass is 9.98. The van der Waals surface area contributed by atoms with Gasteiger partial charge in [0.1, 0.15) is 11.9 Å². The van der Waals surface area contributed by atoms with Crippen LogP contribution in [-0.4, -0.2) is 48.2 Å². The Morgan fingerprint density at radius 3 is 2.68 bits per heavy atom. The first-order valence-corrected chi connectivity index (χ1v) is 11.1. The van der Waals surface area contributed by atoms with Crippen LogP contribution in [0.3, 0.4) is 0 Å². The van der Waals surface area contributed by atoms with E-state index in [9.17, 15) is 14.0 Å². The molecule has 1 aromatic carbocycles. The molecule has 6 nitrogen and oxygen atoms in total. The summed E-state index contributed by atoms with van der Waals surface area (Å²) in [5.74, 6) is 1.05. The van der Waals surface area contributed by atoms with Crippen molar-refractivity contribution in [2.45, 2.75) is 50.8 Å². The number of anilines is 2. The molecular weight excluding hydrogens is 381 g/mol. The lowest BCUT2D eigenvalue weighted by Gasteiger charge is -2.36. The fourth-order valence-corrected chi connectivity index (χ4v) is 5.89. The van der Waals surface area contributed by atoms with Crippen LogP contribution in [0, 0.1) is 11.7 Å². The van der Waals surface area contributed by atoms with Gasteiger partial charge in [0.05, 0.1) is 17.9 Å². The Morgan fingerprint density at radius 2 is 2.07 bits per heavy atom. The van der Waals surface area contributed by atoms with Crippen molar-refractivity contribution in [3.05, 3.63) is 24.0 Å². The molecule has 0 aliphatic carbocycles. The van der Waals surface area contributed by atoms with E-state index in [4.69, 9.17) is 10.5 Å². The van der Waals surface area contributed by atoms with E-state index in [1.807, 2.05) is 18.7 Å². The summed E-state index contributed by atoms with van der Waals surface area (Å²) in [5, 5.41) is 0. The van der Waals surface area contributed by atoms with Crippen LogP contribution in [0.1, 0.15) is 32.6 Å². The molecule has 3 heterocycles. The number of nitrogens with two attached hydrogens (primary N) is 1. The third-order valence-corrected chi connectivity index (χ3v) is 7.32. The maximum Gasteiger partial charge on any atom is 0.414 e. The zero-order chi connectivity index (χ0) is 19.8. The highest BCUT2D eigenvalue weighted by Crippen LogP contribution is 2.40. The summed E-state index contributed by atoms with van der Waals surface area (Å²) in [6, 6.07) is 5.78. The van der Waals surface area contributed by atoms with Gasteiger partial charge in [-0.05, 0) is 43.9 Å². The van der Waals surface area contributed by atoms with Crippen LogP contribution >= 0.6 is 11.8 Å². The van der Waals surface area contributed by atoms with Gasteiger partial charge in [0.2, 0.25) is 5.91 Å². The Kier molecular flexibility index (Phi) is 5.40. The number of fused-ring (bicyclic) bond motifs is 2. The molecule has 8 heteroatoms. The number of carbonyl (C=O) groups is 2. The van der Waals surface area contributed by atoms with Gasteiger partial charge < -0.3 is 15.4 Å². The number of amides is 2. The van der Waals surface area contributed by atoms with Crippen molar-refractivity contribution in [1.29, 1.82) is 0 Å². The quantitative estimate of drug-likeness (QED) is 0.784. The van der Waals surface area contributed by atoms with Crippen LogP contribution in [0.2, 0.25) is 0 Å². The van der Waals surface area contributed by atoms with Crippen molar-refractivity contribution < 1.29 is 18.7 Å². The highest BCUT2D eigenvalue weighted by Gasteiger charge is 2.39. The molecule has 152 valence electrons. The molecule has 1 aromatic rings. The zero-order valence-electron chi connectivity index (χ0n) is 16.0. The van der Waals surface area contributed by atoms with Crippen LogP contribution in [0.25, 0.3) is 0 Å². The zero-order valence-corrected chi connectivity index (χ0v) is 16.8. The summed E-state index contributed by atoms with van der Waals surface area (Å²) in [4.78, 5) is 27.4. The van der Waals surface area contributed by atoms with Crippen molar-refractivity contribution >= 4 is 35.1 Å². The van der Waals surface area contributed by atoms with E-state index in [0.717, 1.165) is 24.3 Å². The molecule has 0 saturated carbocycles. The first-order valence-electron chi connectivity index (χ1n) is 9.91. The average Bonchev–Trinajstić information content (AvgIpc) is 3.14. The van der Waals surface area contributed by atoms with E-state index in [0.29, 0.717) is 42.8 Å². The van der Waals surface area contributed by atoms with Crippen LogP contribution in [0.4, 0.5) is 20.6 Å². The molecule has 0 aromatic heterocycles. The number of ether oxygens (including phenoxy) is 1. The van der Waals surface area contributed by atoms with Crippen molar-refractivity contribution in [3.8, 4) is 0 Å². The van der Waals surface area contributed by atoms with E-state index in [2.05, 4.69) is 4.90 Å². The normalized spacial score (nSPS) is 27.8. The summed E-state index contributed by atoms with van der Waals surface area (Å²) in [7, 11) is 0. The number of rotatable bonds is 6. The first-order chi connectivity index (χ1) is 13.5. The largest absolute Gasteiger partial charge is 0.444 e. The minimum Gasteiger partial charge on any atom is -0.444 e. The number of cyclic esters (lactones) is 1. The Hall–Kier alpha value is -1.96. The maximum absolute atomic E-state index is 15.0. The molecule has 2 amide bonds. The third kappa shape index (κ3) is 3.54. The molecule has 2 N–H and O–H groups in total. The molecule has 2 bridgehead atoms. The van der Waals surface area contributed by atoms with Gasteiger partial charge in [-0.25, -0.2) is 9.18 Å². The van der Waals surface area contributed by atoms with Crippen molar-refractivity contribution in [1.82, 2.24) is 0 Å². The van der Waals surface area contributed by atoms with Gasteiger partial charge in [0, 0.05) is 29.5 Å². The molecule has 3 aliphatic rings. The summed E-state index contributed by atoms with van der Waals surface area (Å²) >= 11 is 1.94. The number of hydrogen-bond donors (Lipinski definition) is 1. The highest BCUT2D eigenvalue weighted by molar-refractivity contribution is 7.99. The number of benzene rings is 1. The molecule has 4 rings (SSSR count). The number of thioether (sulfide) groups is 1. The van der Waals surface area contributed by atoms with Crippen molar-refractivity contribution in [3.63, 3.8) is 0 Å². The van der Waals surface area contributed by atoms with Crippen molar-refractivity contribution in [2.24, 2.45) is 11.7 Å². The fraction of sp³-hybridized carbons (Fsp3) is 0.600. The van der Waals surface area contributed by atoms with Gasteiger partial charge in [-0.3, -0.25) is 9.69 Å². The van der Waals surface area contributed by atoms with E-state index in [1.165, 1.54) is 11.0 Å². The molecule has 3 fully saturated rings. The van der Waals surface area contributed by atoms with Crippen molar-refractivity contribution in [2.75, 3.05) is 27.9 Å². The van der Waals surface area contributed by atoms with Gasteiger partial charge in [-0.2, -0.15) is 11.8 Å². The average molecular weight is 408 g/mol. The molecule has 3 unspecified atom stereocenters. The molecule has 0 spiro atoms. The predicted octanol–water partition coefficient (Wildman–Crippen LogP) is 3.14. The monoisotopic (exact) mass is 407 g/mol. The lowest BCUT2D eigenvalue weighted by molar-refractivity contribution is -0.122. The lowest BCUT2D eigenvalue weighted by Crippen LogP contribution is -2.43. The second-order valence-electron chi connectivity index (χ2n) is 7.83. The molecular formula is C20H26FN3O3S. The number of hydrogen-bond acceptors (Lipinski definition) is 5. The maximum atomic E-state index is 15.0. The minimum atomic E-state index is -0.508. The summed E-state index contributed by atoms with van der Waals surface area (Å²) in [6.07, 6.45) is 2.29. The first kappa shape index (κ1) is 19.4. The summed E-state index contributed by atoms with van der Waals surface area (Å²) in [5.41, 5.74) is 6.50. The van der Waals surface area contributed by atoms with Gasteiger partial charge in [0.25, 0.3) is 0 Å². The summed E-state index contributed by atoms with van der Waals surface area (Å²) in [6.45, 7) is 2.18. The number of halogens is 1. The number of carbonyl (C=O) groups excluding carboxylic acids is 2. The van der Waals surface area contributed by atoms with Gasteiger partial charge >= 0.3 is 6.09 Å². The fourth-order valence-electron chi connectivity index (χ4n) is 4.55. The van der Waals surface area contributed by atoms with Gasteiger partial charge in [0.15, 0.2) is 0 Å². The smallest absolute Gasteiger partial charge is 0.414 e. The van der Waals surface area contributed by atoms with E-state index in [-0.39, 0.29) is 17.6 Å². The molecule has 0 radical (unpaired) electrons. The Morgan fingerprint density at radius 1 is 1.36 bits per heavy atom. The van der Waals surface area contributed by atoms with Crippen LogP contribution in [0.5, 0.6) is 0 Å². The van der Waals surface area contributed by atoms with Gasteiger partial charge in [-0.1, -0.05) is 6.92 Å². The molecule has 28 heavy (non-hydrogen) atoms.